The average molecular weight is 318 g/mol. The van der Waals surface area contributed by atoms with Crippen LogP contribution in [0.3, 0.4) is 0 Å². The Labute approximate surface area is 122 Å². The van der Waals surface area contributed by atoms with Gasteiger partial charge in [0.1, 0.15) is 0 Å². The van der Waals surface area contributed by atoms with E-state index < -0.39 is 0 Å². The van der Waals surface area contributed by atoms with Gasteiger partial charge in [0.05, 0.1) is 0 Å². The largest absolute Gasteiger partial charge is 5.00 e. The fourth-order valence-corrected chi connectivity index (χ4v) is 1.51. The van der Waals surface area contributed by atoms with E-state index in [1.54, 1.807) is 24.3 Å². The van der Waals surface area contributed by atoms with Crippen molar-refractivity contribution in [1.82, 2.24) is 0 Å². The molecule has 0 heterocycles. The van der Waals surface area contributed by atoms with E-state index in [1.165, 1.54) is 6.42 Å². The summed E-state index contributed by atoms with van der Waals surface area (Å²) in [6.07, 6.45) is 1.35. The molecule has 0 aromatic heterocycles. The van der Waals surface area contributed by atoms with Gasteiger partial charge in [0.2, 0.25) is 0 Å². The molecule has 2 nitrogen and oxygen atoms in total. The molecule has 0 unspecified atom stereocenters. The van der Waals surface area contributed by atoms with Crippen LogP contribution in [0.2, 0.25) is 0 Å². The maximum Gasteiger partial charge on any atom is 5.00 e. The molecule has 18 heavy (non-hydrogen) atoms. The minimum Gasteiger partial charge on any atom is -0.300 e. The van der Waals surface area contributed by atoms with E-state index in [0.29, 0.717) is 11.1 Å². The van der Waals surface area contributed by atoms with E-state index in [9.17, 15) is 9.59 Å². The molecule has 0 fully saturated rings. The van der Waals surface area contributed by atoms with Gasteiger partial charge in [0.25, 0.3) is 11.6 Å². The molecule has 0 aliphatic heterocycles. The molecule has 2 aromatic carbocycles. The Bertz CT molecular complexity index is 471. The SMILES string of the molecule is [Nb+5].[OH+]=C([CH-]C(=[OH+])c1ccccc1)c1ccccc1. The van der Waals surface area contributed by atoms with Crippen LogP contribution in [-0.4, -0.2) is 21.2 Å². The molecule has 0 aliphatic rings. The van der Waals surface area contributed by atoms with Gasteiger partial charge >= 0.3 is 22.4 Å². The van der Waals surface area contributed by atoms with Crippen molar-refractivity contribution >= 4 is 11.6 Å². The quantitative estimate of drug-likeness (QED) is 0.273. The molecule has 0 amide bonds. The summed E-state index contributed by atoms with van der Waals surface area (Å²) in [4.78, 5) is 19.7. The van der Waals surface area contributed by atoms with Crippen molar-refractivity contribution in [2.75, 3.05) is 0 Å². The molecule has 3 heteroatoms. The molecule has 84 valence electrons. The van der Waals surface area contributed by atoms with Crippen molar-refractivity contribution < 1.29 is 32.0 Å². The number of hydrogen-bond donors (Lipinski definition) is 0. The fraction of sp³-hybridized carbons (Fsp3) is 0. The number of carbonyl (C=O) groups excluding carboxylic acids is 2. The summed E-state index contributed by atoms with van der Waals surface area (Å²) in [5.74, 6) is 0.0962. The summed E-state index contributed by atoms with van der Waals surface area (Å²) in [5, 5.41) is 0. The van der Waals surface area contributed by atoms with E-state index in [0.717, 1.165) is 0 Å². The number of hydrogen-bond acceptors (Lipinski definition) is 0. The second-order valence-electron chi connectivity index (χ2n) is 3.65. The summed E-state index contributed by atoms with van der Waals surface area (Å²) in [6, 6.07) is 18.2. The van der Waals surface area contributed by atoms with Crippen LogP contribution in [0.4, 0.5) is 0 Å². The summed E-state index contributed by atoms with van der Waals surface area (Å²) in [7, 11) is 0. The van der Waals surface area contributed by atoms with Crippen LogP contribution in [0, 0.1) is 6.42 Å². The minimum atomic E-state index is 0. The Morgan fingerprint density at radius 1 is 0.667 bits per heavy atom. The fourth-order valence-electron chi connectivity index (χ4n) is 1.51. The van der Waals surface area contributed by atoms with Gasteiger partial charge in [-0.15, -0.1) is 24.3 Å². The molecule has 0 atom stereocenters. The smallest absolute Gasteiger partial charge is 0.300 e. The summed E-state index contributed by atoms with van der Waals surface area (Å²) < 4.78 is 0. The second-order valence-corrected chi connectivity index (χ2v) is 3.65. The number of benzene rings is 2. The zero-order valence-electron chi connectivity index (χ0n) is 9.69. The standard InChI is InChI=1S/C15H11O2.Nb/c16-14(12-7-3-1-4-8-12)11-15(17)13-9-5-2-6-10-13;/h1-11H;/q-1;+5/p+2. The van der Waals surface area contributed by atoms with Gasteiger partial charge in [0, 0.05) is 6.42 Å². The van der Waals surface area contributed by atoms with Crippen molar-refractivity contribution in [2.24, 2.45) is 0 Å². The molecule has 0 saturated carbocycles. The van der Waals surface area contributed by atoms with Crippen molar-refractivity contribution in [2.45, 2.75) is 0 Å². The van der Waals surface area contributed by atoms with Gasteiger partial charge in [-0.05, 0) is 11.1 Å². The summed E-state index contributed by atoms with van der Waals surface area (Å²) in [6.45, 7) is 0. The van der Waals surface area contributed by atoms with E-state index >= 15 is 0 Å². The number of ketones is 2. The Morgan fingerprint density at radius 2 is 1.00 bits per heavy atom. The van der Waals surface area contributed by atoms with Crippen molar-refractivity contribution in [3.8, 4) is 0 Å². The monoisotopic (exact) mass is 318 g/mol. The third kappa shape index (κ3) is 3.70. The molecule has 0 radical (unpaired) electrons. The van der Waals surface area contributed by atoms with Crippen LogP contribution in [0.25, 0.3) is 0 Å². The van der Waals surface area contributed by atoms with Crippen molar-refractivity contribution in [3.63, 3.8) is 0 Å². The topological polar surface area (TPSA) is 42.8 Å². The second kappa shape index (κ2) is 6.97. The third-order valence-electron chi connectivity index (χ3n) is 2.41. The van der Waals surface area contributed by atoms with E-state index in [4.69, 9.17) is 0 Å². The Kier molecular flexibility index (Phi) is 5.59. The zero-order chi connectivity index (χ0) is 12.1. The number of rotatable bonds is 4. The van der Waals surface area contributed by atoms with Gasteiger partial charge in [-0.3, -0.25) is 0 Å². The van der Waals surface area contributed by atoms with Gasteiger partial charge < -0.3 is 9.59 Å². The first-order valence-corrected chi connectivity index (χ1v) is 5.35. The van der Waals surface area contributed by atoms with Crippen LogP contribution < -0.4 is 0 Å². The van der Waals surface area contributed by atoms with Crippen molar-refractivity contribution in [1.29, 1.82) is 0 Å². The average Bonchev–Trinajstić information content (AvgIpc) is 2.40. The summed E-state index contributed by atoms with van der Waals surface area (Å²) >= 11 is 0. The first-order valence-electron chi connectivity index (χ1n) is 5.35. The molecular formula is C15H13NbO2+6. The van der Waals surface area contributed by atoms with E-state index in [1.807, 2.05) is 36.4 Å². The van der Waals surface area contributed by atoms with E-state index in [-0.39, 0.29) is 33.9 Å². The minimum absolute atomic E-state index is 0. The van der Waals surface area contributed by atoms with Crippen LogP contribution in [-0.2, 0) is 22.4 Å². The first kappa shape index (κ1) is 14.5. The predicted octanol–water partition coefficient (Wildman–Crippen LogP) is 2.37. The molecule has 0 saturated heterocycles. The van der Waals surface area contributed by atoms with Crippen LogP contribution in [0.5, 0.6) is 0 Å². The molecule has 0 aliphatic carbocycles. The normalized spacial score (nSPS) is 9.11. The van der Waals surface area contributed by atoms with Crippen molar-refractivity contribution in [3.05, 3.63) is 78.2 Å². The van der Waals surface area contributed by atoms with Gasteiger partial charge in [-0.2, -0.15) is 0 Å². The van der Waals surface area contributed by atoms with Crippen LogP contribution in [0.15, 0.2) is 60.7 Å². The maximum absolute atomic E-state index is 9.83. The first-order chi connectivity index (χ1) is 8.27. The Balaban J connectivity index is 0.00000162. The van der Waals surface area contributed by atoms with Crippen LogP contribution >= 0.6 is 0 Å². The van der Waals surface area contributed by atoms with Crippen LogP contribution in [0.1, 0.15) is 11.1 Å². The molecular weight excluding hydrogens is 305 g/mol. The molecule has 2 N–H and O–H groups in total. The third-order valence-corrected chi connectivity index (χ3v) is 2.41. The van der Waals surface area contributed by atoms with Gasteiger partial charge in [-0.25, -0.2) is 0 Å². The molecule has 2 rings (SSSR count). The Hall–Kier alpha value is -1.61. The van der Waals surface area contributed by atoms with Gasteiger partial charge in [0.15, 0.2) is 0 Å². The Morgan fingerprint density at radius 3 is 1.33 bits per heavy atom. The zero-order valence-corrected chi connectivity index (χ0v) is 11.9. The molecule has 0 spiro atoms. The summed E-state index contributed by atoms with van der Waals surface area (Å²) in [5.41, 5.74) is 1.35. The maximum atomic E-state index is 9.83. The van der Waals surface area contributed by atoms with Gasteiger partial charge in [-0.1, -0.05) is 36.4 Å². The van der Waals surface area contributed by atoms with E-state index in [2.05, 4.69) is 0 Å². The molecule has 0 bridgehead atoms. The molecule has 2 aromatic rings. The predicted molar refractivity (Wildman–Crippen MR) is 69.3 cm³/mol.